The normalized spacial score (nSPS) is 12.6. The number of para-hydroxylation sites is 1. The molecule has 0 saturated heterocycles. The van der Waals surface area contributed by atoms with Crippen LogP contribution < -0.4 is 5.32 Å². The molecule has 0 aliphatic carbocycles. The molecule has 0 radical (unpaired) electrons. The molecule has 0 spiro atoms. The zero-order valence-electron chi connectivity index (χ0n) is 17.2. The lowest BCUT2D eigenvalue weighted by atomic mass is 10.0. The van der Waals surface area contributed by atoms with Crippen molar-refractivity contribution in [2.75, 3.05) is 18.4 Å². The second kappa shape index (κ2) is 10.4. The first-order chi connectivity index (χ1) is 15.4. The van der Waals surface area contributed by atoms with E-state index in [2.05, 4.69) is 17.4 Å². The molecule has 0 atom stereocenters. The van der Waals surface area contributed by atoms with Crippen LogP contribution in [-0.2, 0) is 9.59 Å². The van der Waals surface area contributed by atoms with Gasteiger partial charge in [0.1, 0.15) is 5.82 Å². The van der Waals surface area contributed by atoms with Gasteiger partial charge in [-0.2, -0.15) is 5.10 Å². The molecule has 0 fully saturated rings. The van der Waals surface area contributed by atoms with Crippen molar-refractivity contribution in [2.45, 2.75) is 6.92 Å². The van der Waals surface area contributed by atoms with Crippen LogP contribution in [0.3, 0.4) is 0 Å². The molecule has 0 saturated carbocycles. The highest BCUT2D eigenvalue weighted by Gasteiger charge is 2.23. The van der Waals surface area contributed by atoms with Crippen LogP contribution in [0.2, 0.25) is 5.02 Å². The number of hydrogen-bond donors (Lipinski definition) is 3. The molecule has 2 heterocycles. The summed E-state index contributed by atoms with van der Waals surface area (Å²) >= 11 is 6.18. The summed E-state index contributed by atoms with van der Waals surface area (Å²) in [6.45, 7) is 3.51. The number of hydrogen-bond acceptors (Lipinski definition) is 5. The molecule has 2 aromatic carbocycles. The van der Waals surface area contributed by atoms with E-state index in [1.807, 2.05) is 54.1 Å². The van der Waals surface area contributed by atoms with Gasteiger partial charge in [0.15, 0.2) is 0 Å². The molecule has 0 amide bonds. The molecule has 164 valence electrons. The van der Waals surface area contributed by atoms with Crippen molar-refractivity contribution in [3.63, 3.8) is 0 Å². The van der Waals surface area contributed by atoms with Gasteiger partial charge < -0.3 is 15.5 Å². The zero-order valence-corrected chi connectivity index (χ0v) is 18.0. The van der Waals surface area contributed by atoms with Gasteiger partial charge in [0, 0.05) is 29.3 Å². The molecule has 32 heavy (non-hydrogen) atoms. The second-order valence-electron chi connectivity index (χ2n) is 6.73. The Labute approximate surface area is 189 Å². The van der Waals surface area contributed by atoms with Crippen LogP contribution in [0, 0.1) is 6.92 Å². The number of halogens is 1. The number of benzene rings is 2. The number of carbonyl (C=O) groups is 2. The fourth-order valence-electron chi connectivity index (χ4n) is 3.17. The Kier molecular flexibility index (Phi) is 7.41. The minimum Gasteiger partial charge on any atom is -0.478 e. The van der Waals surface area contributed by atoms with E-state index in [4.69, 9.17) is 31.9 Å². The van der Waals surface area contributed by atoms with Crippen LogP contribution in [0.15, 0.2) is 71.7 Å². The summed E-state index contributed by atoms with van der Waals surface area (Å²) in [5.41, 5.74) is 4.97. The van der Waals surface area contributed by atoms with Crippen molar-refractivity contribution in [3.05, 3.63) is 88.6 Å². The third kappa shape index (κ3) is 5.61. The number of aryl methyl sites for hydroxylation is 1. The zero-order chi connectivity index (χ0) is 23.1. The summed E-state index contributed by atoms with van der Waals surface area (Å²) < 4.78 is 1.95. The van der Waals surface area contributed by atoms with Gasteiger partial charge in [0.05, 0.1) is 29.2 Å². The average Bonchev–Trinajstić information content (AvgIpc) is 2.95. The Hall–Kier alpha value is -3.91. The van der Waals surface area contributed by atoms with Crippen LogP contribution in [0.5, 0.6) is 0 Å². The topological polar surface area (TPSA) is 117 Å². The molecule has 0 unspecified atom stereocenters. The Bertz CT molecular complexity index is 1170. The molecule has 8 nitrogen and oxygen atoms in total. The molecule has 1 aliphatic rings. The van der Waals surface area contributed by atoms with E-state index in [1.54, 1.807) is 0 Å². The number of aliphatic imine (C=N–C) groups is 1. The standard InChI is InChI=1S/C19H17ClN4.C4H4O4/c1-13-17-18(14-6-5-7-15(20)12-14)21-10-11-22-19(17)24(23-13)16-8-3-2-4-9-16;5-3(6)1-2-4(7)8/h2-9,12,22H,10-11H2,1H3;1-2H,(H,5,6)(H,7,8)/b;2-1+. The fraction of sp³-hybridized carbons (Fsp3) is 0.130. The van der Waals surface area contributed by atoms with Crippen molar-refractivity contribution in [1.82, 2.24) is 9.78 Å². The molecule has 9 heteroatoms. The number of carboxylic acids is 2. The van der Waals surface area contributed by atoms with Crippen molar-refractivity contribution in [2.24, 2.45) is 4.99 Å². The molecule has 1 aliphatic heterocycles. The number of nitrogens with zero attached hydrogens (tertiary/aromatic N) is 3. The molecule has 4 rings (SSSR count). The van der Waals surface area contributed by atoms with Gasteiger partial charge in [-0.1, -0.05) is 41.9 Å². The highest BCUT2D eigenvalue weighted by Crippen LogP contribution is 2.28. The minimum atomic E-state index is -1.26. The predicted octanol–water partition coefficient (Wildman–Crippen LogP) is 3.81. The summed E-state index contributed by atoms with van der Waals surface area (Å²) in [6.07, 6.45) is 1.12. The van der Waals surface area contributed by atoms with Gasteiger partial charge in [0.2, 0.25) is 0 Å². The van der Waals surface area contributed by atoms with Crippen molar-refractivity contribution in [3.8, 4) is 5.69 Å². The highest BCUT2D eigenvalue weighted by molar-refractivity contribution is 6.31. The first kappa shape index (κ1) is 22.8. The van der Waals surface area contributed by atoms with Gasteiger partial charge in [-0.15, -0.1) is 0 Å². The SMILES string of the molecule is Cc1nn(-c2ccccc2)c2c1C(c1cccc(Cl)c1)=NCCN2.O=C(O)/C=C/C(=O)O. The maximum absolute atomic E-state index is 9.55. The molecule has 3 aromatic rings. The smallest absolute Gasteiger partial charge is 0.328 e. The lowest BCUT2D eigenvalue weighted by molar-refractivity contribution is -0.134. The Morgan fingerprint density at radius 1 is 1.06 bits per heavy atom. The van der Waals surface area contributed by atoms with Crippen LogP contribution >= 0.6 is 11.6 Å². The number of aromatic nitrogens is 2. The van der Waals surface area contributed by atoms with Gasteiger partial charge in [-0.05, 0) is 31.2 Å². The molecule has 0 bridgehead atoms. The lowest BCUT2D eigenvalue weighted by Crippen LogP contribution is -2.09. The van der Waals surface area contributed by atoms with E-state index in [0.29, 0.717) is 23.7 Å². The predicted molar refractivity (Wildman–Crippen MR) is 123 cm³/mol. The number of nitrogens with one attached hydrogen (secondary N) is 1. The van der Waals surface area contributed by atoms with Crippen LogP contribution in [-0.4, -0.2) is 50.7 Å². The van der Waals surface area contributed by atoms with E-state index in [1.165, 1.54) is 0 Å². The molecular formula is C23H21ClN4O4. The first-order valence-corrected chi connectivity index (χ1v) is 10.1. The second-order valence-corrected chi connectivity index (χ2v) is 7.17. The van der Waals surface area contributed by atoms with Gasteiger partial charge in [-0.3, -0.25) is 4.99 Å². The average molecular weight is 453 g/mol. The largest absolute Gasteiger partial charge is 0.478 e. The Morgan fingerprint density at radius 3 is 2.38 bits per heavy atom. The van der Waals surface area contributed by atoms with Gasteiger partial charge in [-0.25, -0.2) is 14.3 Å². The third-order valence-electron chi connectivity index (χ3n) is 4.44. The van der Waals surface area contributed by atoms with E-state index in [0.717, 1.165) is 40.6 Å². The first-order valence-electron chi connectivity index (χ1n) is 9.70. The van der Waals surface area contributed by atoms with E-state index in [-0.39, 0.29) is 0 Å². The van der Waals surface area contributed by atoms with E-state index >= 15 is 0 Å². The van der Waals surface area contributed by atoms with Gasteiger partial charge >= 0.3 is 11.9 Å². The highest BCUT2D eigenvalue weighted by atomic mass is 35.5. The van der Waals surface area contributed by atoms with Crippen molar-refractivity contribution < 1.29 is 19.8 Å². The number of carboxylic acid groups (broad SMARTS) is 2. The van der Waals surface area contributed by atoms with E-state index in [9.17, 15) is 9.59 Å². The molecular weight excluding hydrogens is 432 g/mol. The summed E-state index contributed by atoms with van der Waals surface area (Å²) in [7, 11) is 0. The number of aliphatic carboxylic acids is 2. The van der Waals surface area contributed by atoms with Crippen LogP contribution in [0.4, 0.5) is 5.82 Å². The molecule has 1 aromatic heterocycles. The summed E-state index contributed by atoms with van der Waals surface area (Å²) in [5.74, 6) is -1.53. The van der Waals surface area contributed by atoms with Crippen molar-refractivity contribution >= 4 is 35.1 Å². The summed E-state index contributed by atoms with van der Waals surface area (Å²) in [4.78, 5) is 23.9. The number of fused-ring (bicyclic) bond motifs is 1. The molecule has 3 N–H and O–H groups in total. The summed E-state index contributed by atoms with van der Waals surface area (Å²) in [5, 5.41) is 24.6. The maximum Gasteiger partial charge on any atom is 0.328 e. The number of rotatable bonds is 4. The van der Waals surface area contributed by atoms with Crippen LogP contribution in [0.1, 0.15) is 16.8 Å². The van der Waals surface area contributed by atoms with Crippen molar-refractivity contribution in [1.29, 1.82) is 0 Å². The monoisotopic (exact) mass is 452 g/mol. The maximum atomic E-state index is 9.55. The Morgan fingerprint density at radius 2 is 1.75 bits per heavy atom. The number of anilines is 1. The third-order valence-corrected chi connectivity index (χ3v) is 4.67. The quantitative estimate of drug-likeness (QED) is 0.518. The minimum absolute atomic E-state index is 0.558. The van der Waals surface area contributed by atoms with Crippen LogP contribution in [0.25, 0.3) is 5.69 Å². The summed E-state index contributed by atoms with van der Waals surface area (Å²) in [6, 6.07) is 18.0. The fourth-order valence-corrected chi connectivity index (χ4v) is 3.36. The Balaban J connectivity index is 0.000000312. The lowest BCUT2D eigenvalue weighted by Gasteiger charge is -2.10. The van der Waals surface area contributed by atoms with E-state index < -0.39 is 11.9 Å². The van der Waals surface area contributed by atoms with Gasteiger partial charge in [0.25, 0.3) is 0 Å².